The normalized spacial score (nSPS) is 23.3. The number of nitrogens with one attached hydrogen (secondary N) is 1. The number of carbonyl (C=O) groups is 5. The maximum absolute atomic E-state index is 15.7. The van der Waals surface area contributed by atoms with Gasteiger partial charge in [-0.05, 0) is 105 Å². The van der Waals surface area contributed by atoms with Gasteiger partial charge in [-0.25, -0.2) is 8.78 Å². The van der Waals surface area contributed by atoms with Crippen molar-refractivity contribution in [3.05, 3.63) is 87.4 Å². The Morgan fingerprint density at radius 2 is 1.53 bits per heavy atom. The molecular weight excluding hydrogens is 818 g/mol. The van der Waals surface area contributed by atoms with Crippen LogP contribution in [0.3, 0.4) is 0 Å². The molecule has 1 N–H and O–H groups in total. The summed E-state index contributed by atoms with van der Waals surface area (Å²) in [4.78, 5) is 75.4. The van der Waals surface area contributed by atoms with E-state index < -0.39 is 41.3 Å². The number of nitrogens with zero attached hydrogens (tertiary/aromatic N) is 7. The summed E-state index contributed by atoms with van der Waals surface area (Å²) in [5, 5.41) is 11.9. The van der Waals surface area contributed by atoms with E-state index in [1.807, 2.05) is 23.1 Å². The van der Waals surface area contributed by atoms with Crippen molar-refractivity contribution in [3.63, 3.8) is 0 Å². The second-order valence-electron chi connectivity index (χ2n) is 17.9. The maximum Gasteiger partial charge on any atom is 0.262 e. The molecule has 0 aliphatic carbocycles. The largest absolute Gasteiger partial charge is 0.371 e. The van der Waals surface area contributed by atoms with E-state index >= 15 is 8.78 Å². The average Bonchev–Trinajstić information content (AvgIpc) is 3.71. The molecule has 1 spiro atoms. The number of anilines is 3. The predicted molar refractivity (Wildman–Crippen MR) is 228 cm³/mol. The summed E-state index contributed by atoms with van der Waals surface area (Å²) < 4.78 is 31.1. The Bertz CT molecular complexity index is 2380. The van der Waals surface area contributed by atoms with E-state index in [2.05, 4.69) is 33.0 Å². The van der Waals surface area contributed by atoms with Crippen LogP contribution >= 0.6 is 11.6 Å². The van der Waals surface area contributed by atoms with Gasteiger partial charge in [0.05, 0.1) is 33.0 Å². The number of hydrogen-bond acceptors (Lipinski definition) is 10. The van der Waals surface area contributed by atoms with Crippen molar-refractivity contribution < 1.29 is 32.8 Å². The third-order valence-electron chi connectivity index (χ3n) is 14.2. The molecule has 3 aromatic rings. The van der Waals surface area contributed by atoms with Crippen LogP contribution in [0.4, 0.5) is 25.8 Å². The number of imide groups is 2. The van der Waals surface area contributed by atoms with Crippen LogP contribution < -0.4 is 20.0 Å². The van der Waals surface area contributed by atoms with Gasteiger partial charge in [0.25, 0.3) is 17.7 Å². The zero-order valence-corrected chi connectivity index (χ0v) is 35.4. The van der Waals surface area contributed by atoms with Crippen molar-refractivity contribution in [3.8, 4) is 6.07 Å². The fourth-order valence-corrected chi connectivity index (χ4v) is 10.9. The molecule has 1 unspecified atom stereocenters. The standard InChI is InChI=1S/C46H49ClF2N8O5/c1-28-24-46(27-56(28)32-3-2-30(25-50)36(47)20-32)10-14-53(15-11-46)31-4-5-33(37(48)21-31)43(60)55-18-16-52(17-19-55)26-29-8-12-54(13-9-29)40-23-35-34(22-38(40)49)44(61)57(45(35)62)39-6-7-41(58)51-42(39)59/h2-5,20-23,28-29,39H,6-19,24,26-27H2,1H3,(H,51,58,59)/t28-,39?/m0/s1. The van der Waals surface area contributed by atoms with E-state index in [-0.39, 0.29) is 46.5 Å². The number of benzene rings is 3. The van der Waals surface area contributed by atoms with Crippen LogP contribution in [0, 0.1) is 34.3 Å². The molecule has 3 aromatic carbocycles. The fourth-order valence-electron chi connectivity index (χ4n) is 10.7. The van der Waals surface area contributed by atoms with Crippen molar-refractivity contribution >= 4 is 58.2 Å². The van der Waals surface area contributed by atoms with Crippen LogP contribution in [0.1, 0.15) is 88.5 Å². The molecule has 5 saturated heterocycles. The molecule has 5 fully saturated rings. The fraction of sp³-hybridized carbons (Fsp3) is 0.478. The highest BCUT2D eigenvalue weighted by molar-refractivity contribution is 6.32. The van der Waals surface area contributed by atoms with Crippen molar-refractivity contribution in [1.82, 2.24) is 20.0 Å². The number of hydrogen-bond donors (Lipinski definition) is 1. The van der Waals surface area contributed by atoms with Crippen molar-refractivity contribution in [2.24, 2.45) is 11.3 Å². The third kappa shape index (κ3) is 7.76. The van der Waals surface area contributed by atoms with E-state index in [4.69, 9.17) is 11.6 Å². The summed E-state index contributed by atoms with van der Waals surface area (Å²) in [5.74, 6) is -3.67. The first-order valence-corrected chi connectivity index (χ1v) is 22.0. The zero-order valence-electron chi connectivity index (χ0n) is 34.7. The Labute approximate surface area is 364 Å². The maximum atomic E-state index is 15.7. The van der Waals surface area contributed by atoms with E-state index in [0.717, 1.165) is 80.6 Å². The van der Waals surface area contributed by atoms with E-state index in [0.29, 0.717) is 61.8 Å². The topological polar surface area (TPSA) is 141 Å². The quantitative estimate of drug-likeness (QED) is 0.305. The van der Waals surface area contributed by atoms with Gasteiger partial charge in [-0.1, -0.05) is 11.6 Å². The first-order valence-electron chi connectivity index (χ1n) is 21.6. The highest BCUT2D eigenvalue weighted by Crippen LogP contribution is 2.46. The third-order valence-corrected chi connectivity index (χ3v) is 14.5. The van der Waals surface area contributed by atoms with Gasteiger partial charge in [-0.3, -0.25) is 39.1 Å². The molecule has 62 heavy (non-hydrogen) atoms. The molecule has 9 rings (SSSR count). The SMILES string of the molecule is C[C@H]1CC2(CCN(c3ccc(C(=O)N4CCN(CC5CCN(c6cc7c(cc6F)C(=O)N(C6CCC(=O)NC6=O)C7=O)CC5)CC4)c(F)c3)CC2)CN1c1ccc(C#N)c(Cl)c1. The number of rotatable bonds is 7. The highest BCUT2D eigenvalue weighted by Gasteiger charge is 2.46. The smallest absolute Gasteiger partial charge is 0.262 e. The number of fused-ring (bicyclic) bond motifs is 1. The predicted octanol–water partition coefficient (Wildman–Crippen LogP) is 5.45. The van der Waals surface area contributed by atoms with Crippen LogP contribution in [0.25, 0.3) is 0 Å². The lowest BCUT2D eigenvalue weighted by Gasteiger charge is -2.40. The summed E-state index contributed by atoms with van der Waals surface area (Å²) in [7, 11) is 0. The minimum atomic E-state index is -1.12. The number of carbonyl (C=O) groups excluding carboxylic acids is 5. The van der Waals surface area contributed by atoms with Crippen molar-refractivity contribution in [2.75, 3.05) is 80.1 Å². The highest BCUT2D eigenvalue weighted by atomic mass is 35.5. The molecule has 0 radical (unpaired) electrons. The summed E-state index contributed by atoms with van der Waals surface area (Å²) in [5.41, 5.74) is 2.71. The monoisotopic (exact) mass is 866 g/mol. The molecule has 2 atom stereocenters. The first kappa shape index (κ1) is 41.7. The first-order chi connectivity index (χ1) is 29.8. The van der Waals surface area contributed by atoms with Crippen LogP contribution in [0.15, 0.2) is 48.5 Å². The van der Waals surface area contributed by atoms with Gasteiger partial charge >= 0.3 is 0 Å². The van der Waals surface area contributed by atoms with Gasteiger partial charge in [-0.2, -0.15) is 5.26 Å². The number of piperidine rings is 3. The van der Waals surface area contributed by atoms with Gasteiger partial charge in [0.1, 0.15) is 23.7 Å². The lowest BCUT2D eigenvalue weighted by Crippen LogP contribution is -2.54. The Kier molecular flexibility index (Phi) is 11.2. The molecule has 324 valence electrons. The molecule has 6 heterocycles. The molecule has 13 nitrogen and oxygen atoms in total. The van der Waals surface area contributed by atoms with E-state index in [1.54, 1.807) is 17.0 Å². The number of amides is 5. The molecular formula is C46H49ClF2N8O5. The summed E-state index contributed by atoms with van der Waals surface area (Å²) in [6.45, 7) is 8.94. The molecule has 0 bridgehead atoms. The van der Waals surface area contributed by atoms with Crippen LogP contribution in [0.2, 0.25) is 5.02 Å². The molecule has 6 aliphatic rings. The number of nitriles is 1. The van der Waals surface area contributed by atoms with Crippen molar-refractivity contribution in [2.45, 2.75) is 64.0 Å². The molecule has 0 saturated carbocycles. The number of halogens is 3. The van der Waals surface area contributed by atoms with Gasteiger partial charge in [0.15, 0.2) is 0 Å². The number of piperazine rings is 1. The Morgan fingerprint density at radius 1 is 0.839 bits per heavy atom. The summed E-state index contributed by atoms with van der Waals surface area (Å²) in [6, 6.07) is 14.4. The molecule has 0 aromatic heterocycles. The molecule has 5 amide bonds. The second kappa shape index (κ2) is 16.6. The Morgan fingerprint density at radius 3 is 2.19 bits per heavy atom. The van der Waals surface area contributed by atoms with E-state index in [9.17, 15) is 29.2 Å². The molecule has 6 aliphatic heterocycles. The van der Waals surface area contributed by atoms with Crippen LogP contribution in [0.5, 0.6) is 0 Å². The van der Waals surface area contributed by atoms with Gasteiger partial charge in [0.2, 0.25) is 11.8 Å². The average molecular weight is 867 g/mol. The van der Waals surface area contributed by atoms with Gasteiger partial charge in [-0.15, -0.1) is 0 Å². The zero-order chi connectivity index (χ0) is 43.4. The van der Waals surface area contributed by atoms with Crippen LogP contribution in [-0.4, -0.2) is 122 Å². The van der Waals surface area contributed by atoms with Crippen LogP contribution in [-0.2, 0) is 9.59 Å². The minimum Gasteiger partial charge on any atom is -0.371 e. The molecule has 16 heteroatoms. The van der Waals surface area contributed by atoms with Crippen molar-refractivity contribution in [1.29, 1.82) is 5.26 Å². The van der Waals surface area contributed by atoms with Gasteiger partial charge in [0, 0.05) is 89.3 Å². The Hall–Kier alpha value is -5.59. The summed E-state index contributed by atoms with van der Waals surface area (Å²) >= 11 is 6.36. The summed E-state index contributed by atoms with van der Waals surface area (Å²) in [6.07, 6.45) is 4.59. The van der Waals surface area contributed by atoms with E-state index in [1.165, 1.54) is 12.1 Å². The lowest BCUT2D eigenvalue weighted by molar-refractivity contribution is -0.136. The Balaban J connectivity index is 0.738. The second-order valence-corrected chi connectivity index (χ2v) is 18.3. The lowest BCUT2D eigenvalue weighted by atomic mass is 9.76. The minimum absolute atomic E-state index is 0.00330. The van der Waals surface area contributed by atoms with Gasteiger partial charge < -0.3 is 19.6 Å².